The maximum Gasteiger partial charge on any atom is 0.195 e. The van der Waals surface area contributed by atoms with Gasteiger partial charge in [-0.05, 0) is 29.8 Å². The van der Waals surface area contributed by atoms with Crippen LogP contribution in [0.5, 0.6) is 11.5 Å². The molecule has 2 rings (SSSR count). The predicted octanol–water partition coefficient (Wildman–Crippen LogP) is 2.62. The monoisotopic (exact) mass is 272 g/mol. The Bertz CT molecular complexity index is 607. The predicted molar refractivity (Wildman–Crippen MR) is 75.3 cm³/mol. The molecule has 1 atom stereocenters. The molecule has 0 aromatic heterocycles. The molecule has 2 aromatic rings. The number of aliphatic hydroxyl groups excluding tert-OH is 1. The molecule has 2 aromatic carbocycles. The summed E-state index contributed by atoms with van der Waals surface area (Å²) < 4.78 is 10.2. The van der Waals surface area contributed by atoms with Crippen LogP contribution >= 0.6 is 0 Å². The van der Waals surface area contributed by atoms with Gasteiger partial charge in [0.2, 0.25) is 0 Å². The summed E-state index contributed by atoms with van der Waals surface area (Å²) in [7, 11) is 3.07. The lowest BCUT2D eigenvalue weighted by atomic mass is 9.99. The van der Waals surface area contributed by atoms with Gasteiger partial charge in [0.15, 0.2) is 5.78 Å². The molecule has 0 bridgehead atoms. The van der Waals surface area contributed by atoms with E-state index in [2.05, 4.69) is 0 Å². The number of rotatable bonds is 5. The van der Waals surface area contributed by atoms with Crippen molar-refractivity contribution in [2.45, 2.75) is 6.10 Å². The average molecular weight is 272 g/mol. The summed E-state index contributed by atoms with van der Waals surface area (Å²) in [5.74, 6) is 0.797. The lowest BCUT2D eigenvalue weighted by molar-refractivity contribution is 0.0747. The number of aliphatic hydroxyl groups is 1. The molecule has 0 saturated carbocycles. The lowest BCUT2D eigenvalue weighted by Crippen LogP contribution is -2.12. The summed E-state index contributed by atoms with van der Waals surface area (Å²) in [6.07, 6.45) is -1.22. The number of carbonyl (C=O) groups is 1. The first-order valence-electron chi connectivity index (χ1n) is 6.16. The maximum absolute atomic E-state index is 12.3. The van der Waals surface area contributed by atoms with E-state index in [0.717, 1.165) is 0 Å². The number of ether oxygens (including phenoxy) is 2. The molecule has 0 aliphatic rings. The number of methoxy groups -OCH3 is 2. The molecule has 0 saturated heterocycles. The van der Waals surface area contributed by atoms with Crippen molar-refractivity contribution in [2.75, 3.05) is 14.2 Å². The van der Waals surface area contributed by atoms with Gasteiger partial charge in [-0.15, -0.1) is 0 Å². The van der Waals surface area contributed by atoms with Gasteiger partial charge in [-0.25, -0.2) is 0 Å². The standard InChI is InChI=1S/C16H16O4/c1-19-13-7-3-5-11(9-13)15(17)16(18)12-6-4-8-14(10-12)20-2/h3-10,15,17H,1-2H3/t15-/m1/s1. The van der Waals surface area contributed by atoms with Crippen LogP contribution in [0.3, 0.4) is 0 Å². The Morgan fingerprint density at radius 3 is 2.25 bits per heavy atom. The van der Waals surface area contributed by atoms with E-state index in [1.54, 1.807) is 48.5 Å². The lowest BCUT2D eigenvalue weighted by Gasteiger charge is -2.12. The molecule has 1 N–H and O–H groups in total. The highest BCUT2D eigenvalue weighted by molar-refractivity contribution is 6.00. The number of Topliss-reactive ketones (excluding diaryl/α,β-unsaturated/α-hetero) is 1. The Hall–Kier alpha value is -2.33. The minimum absolute atomic E-state index is 0.378. The third kappa shape index (κ3) is 2.97. The van der Waals surface area contributed by atoms with Crippen molar-refractivity contribution in [3.8, 4) is 11.5 Å². The molecule has 0 heterocycles. The van der Waals surface area contributed by atoms with Gasteiger partial charge in [-0.1, -0.05) is 24.3 Å². The van der Waals surface area contributed by atoms with Crippen LogP contribution in [0, 0.1) is 0 Å². The van der Waals surface area contributed by atoms with Gasteiger partial charge >= 0.3 is 0 Å². The summed E-state index contributed by atoms with van der Waals surface area (Å²) in [5, 5.41) is 10.2. The van der Waals surface area contributed by atoms with E-state index in [1.807, 2.05) is 0 Å². The van der Waals surface area contributed by atoms with Crippen molar-refractivity contribution in [3.05, 3.63) is 59.7 Å². The molecule has 0 amide bonds. The minimum Gasteiger partial charge on any atom is -0.497 e. The zero-order chi connectivity index (χ0) is 14.5. The topological polar surface area (TPSA) is 55.8 Å². The Morgan fingerprint density at radius 1 is 1.00 bits per heavy atom. The number of carbonyl (C=O) groups excluding carboxylic acids is 1. The highest BCUT2D eigenvalue weighted by atomic mass is 16.5. The highest BCUT2D eigenvalue weighted by Gasteiger charge is 2.20. The van der Waals surface area contributed by atoms with Crippen molar-refractivity contribution in [1.82, 2.24) is 0 Å². The number of hydrogen-bond acceptors (Lipinski definition) is 4. The Labute approximate surface area is 117 Å². The largest absolute Gasteiger partial charge is 0.497 e. The normalized spacial score (nSPS) is 11.8. The van der Waals surface area contributed by atoms with Crippen LogP contribution in [0.25, 0.3) is 0 Å². The zero-order valence-corrected chi connectivity index (χ0v) is 11.4. The molecule has 0 radical (unpaired) electrons. The van der Waals surface area contributed by atoms with Crippen LogP contribution in [0.2, 0.25) is 0 Å². The molecule has 20 heavy (non-hydrogen) atoms. The second-order valence-corrected chi connectivity index (χ2v) is 4.28. The van der Waals surface area contributed by atoms with Crippen molar-refractivity contribution < 1.29 is 19.4 Å². The molecule has 0 unspecified atom stereocenters. The molecule has 4 nitrogen and oxygen atoms in total. The third-order valence-electron chi connectivity index (χ3n) is 3.01. The van der Waals surface area contributed by atoms with Crippen molar-refractivity contribution in [2.24, 2.45) is 0 Å². The van der Waals surface area contributed by atoms with Crippen LogP contribution in [0.4, 0.5) is 0 Å². The van der Waals surface area contributed by atoms with Gasteiger partial charge in [-0.2, -0.15) is 0 Å². The van der Waals surface area contributed by atoms with Gasteiger partial charge in [0.1, 0.15) is 17.6 Å². The van der Waals surface area contributed by atoms with Gasteiger partial charge < -0.3 is 14.6 Å². The van der Waals surface area contributed by atoms with E-state index in [1.165, 1.54) is 14.2 Å². The van der Waals surface area contributed by atoms with Crippen molar-refractivity contribution in [3.63, 3.8) is 0 Å². The second-order valence-electron chi connectivity index (χ2n) is 4.28. The van der Waals surface area contributed by atoms with Gasteiger partial charge in [0.25, 0.3) is 0 Å². The highest BCUT2D eigenvalue weighted by Crippen LogP contribution is 2.23. The van der Waals surface area contributed by atoms with E-state index in [-0.39, 0.29) is 5.78 Å². The molecule has 0 aliphatic heterocycles. The SMILES string of the molecule is COc1cccc(C(=O)[C@H](O)c2cccc(OC)c2)c1. The first-order chi connectivity index (χ1) is 9.65. The third-order valence-corrected chi connectivity index (χ3v) is 3.01. The van der Waals surface area contributed by atoms with Gasteiger partial charge in [0, 0.05) is 5.56 Å². The van der Waals surface area contributed by atoms with Gasteiger partial charge in [-0.3, -0.25) is 4.79 Å². The fourth-order valence-electron chi connectivity index (χ4n) is 1.90. The van der Waals surface area contributed by atoms with Crippen LogP contribution in [-0.2, 0) is 0 Å². The second kappa shape index (κ2) is 6.21. The van der Waals surface area contributed by atoms with Crippen molar-refractivity contribution >= 4 is 5.78 Å². The van der Waals surface area contributed by atoms with Crippen LogP contribution in [0.1, 0.15) is 22.0 Å². The quantitative estimate of drug-likeness (QED) is 0.850. The van der Waals surface area contributed by atoms with Gasteiger partial charge in [0.05, 0.1) is 14.2 Å². The molecular weight excluding hydrogens is 256 g/mol. The number of ketones is 1. The molecule has 104 valence electrons. The minimum atomic E-state index is -1.22. The van der Waals surface area contributed by atoms with Crippen LogP contribution in [0.15, 0.2) is 48.5 Å². The maximum atomic E-state index is 12.3. The summed E-state index contributed by atoms with van der Waals surface area (Å²) in [6.45, 7) is 0. The van der Waals surface area contributed by atoms with E-state index < -0.39 is 6.10 Å². The first-order valence-corrected chi connectivity index (χ1v) is 6.16. The average Bonchev–Trinajstić information content (AvgIpc) is 2.53. The zero-order valence-electron chi connectivity index (χ0n) is 11.4. The summed E-state index contributed by atoms with van der Waals surface area (Å²) >= 11 is 0. The molecular formula is C16H16O4. The van der Waals surface area contributed by atoms with E-state index in [4.69, 9.17) is 9.47 Å². The van der Waals surface area contributed by atoms with Crippen LogP contribution < -0.4 is 9.47 Å². The molecule has 0 aliphatic carbocycles. The molecule has 0 fully saturated rings. The molecule has 0 spiro atoms. The summed E-state index contributed by atoms with van der Waals surface area (Å²) in [4.78, 5) is 12.3. The van der Waals surface area contributed by atoms with E-state index in [9.17, 15) is 9.90 Å². The fourth-order valence-corrected chi connectivity index (χ4v) is 1.90. The Kier molecular flexibility index (Phi) is 4.38. The van der Waals surface area contributed by atoms with Crippen LogP contribution in [-0.4, -0.2) is 25.1 Å². The van der Waals surface area contributed by atoms with E-state index >= 15 is 0 Å². The number of benzene rings is 2. The van der Waals surface area contributed by atoms with E-state index in [0.29, 0.717) is 22.6 Å². The smallest absolute Gasteiger partial charge is 0.195 e. The Balaban J connectivity index is 2.27. The first kappa shape index (κ1) is 14.1. The number of hydrogen-bond donors (Lipinski definition) is 1. The summed E-state index contributed by atoms with van der Waals surface area (Å²) in [6, 6.07) is 13.5. The molecule has 4 heteroatoms. The fraction of sp³-hybridized carbons (Fsp3) is 0.188. The summed E-state index contributed by atoms with van der Waals surface area (Å²) in [5.41, 5.74) is 0.900. The Morgan fingerprint density at radius 2 is 1.60 bits per heavy atom. The van der Waals surface area contributed by atoms with Crippen molar-refractivity contribution in [1.29, 1.82) is 0 Å².